The molecule has 0 aliphatic carbocycles. The van der Waals surface area contributed by atoms with Crippen molar-refractivity contribution in [3.8, 4) is 0 Å². The molecule has 1 atom stereocenters. The molecule has 1 unspecified atom stereocenters. The van der Waals surface area contributed by atoms with Crippen LogP contribution in [0.1, 0.15) is 30.6 Å². The summed E-state index contributed by atoms with van der Waals surface area (Å²) in [5.74, 6) is 2.47. The zero-order valence-corrected chi connectivity index (χ0v) is 10.0. The minimum absolute atomic E-state index is 0.439. The standard InChI is InChI=1S/C11H18N2OS/c1-3-15-5-4-10(14)9-6-8(2)7-13-11(9)12/h6-7,10,14H,3-5H2,1-2H3,(H2,12,13). The highest BCUT2D eigenvalue weighted by Gasteiger charge is 2.11. The van der Waals surface area contributed by atoms with E-state index in [4.69, 9.17) is 5.73 Å². The molecule has 84 valence electrons. The van der Waals surface area contributed by atoms with Gasteiger partial charge in [-0.2, -0.15) is 11.8 Å². The van der Waals surface area contributed by atoms with Crippen LogP contribution in [0.2, 0.25) is 0 Å². The van der Waals surface area contributed by atoms with Crippen LogP contribution in [0.4, 0.5) is 5.82 Å². The third kappa shape index (κ3) is 3.72. The second kappa shape index (κ2) is 5.98. The highest BCUT2D eigenvalue weighted by molar-refractivity contribution is 7.99. The predicted molar refractivity (Wildman–Crippen MR) is 66.0 cm³/mol. The number of thioether (sulfide) groups is 1. The maximum absolute atomic E-state index is 9.92. The summed E-state index contributed by atoms with van der Waals surface area (Å²) in [6.45, 7) is 4.06. The Hall–Kier alpha value is -0.740. The van der Waals surface area contributed by atoms with E-state index >= 15 is 0 Å². The first-order valence-corrected chi connectivity index (χ1v) is 6.28. The van der Waals surface area contributed by atoms with Gasteiger partial charge in [-0.15, -0.1) is 0 Å². The van der Waals surface area contributed by atoms with Crippen LogP contribution in [0.5, 0.6) is 0 Å². The Morgan fingerprint density at radius 3 is 3.00 bits per heavy atom. The molecule has 0 radical (unpaired) electrons. The summed E-state index contributed by atoms with van der Waals surface area (Å²) < 4.78 is 0. The molecule has 0 fully saturated rings. The molecule has 3 N–H and O–H groups in total. The molecule has 1 rings (SSSR count). The lowest BCUT2D eigenvalue weighted by molar-refractivity contribution is 0.175. The lowest BCUT2D eigenvalue weighted by Crippen LogP contribution is -2.05. The minimum Gasteiger partial charge on any atom is -0.388 e. The van der Waals surface area contributed by atoms with Crippen LogP contribution in [0, 0.1) is 6.92 Å². The average molecular weight is 226 g/mol. The molecule has 1 aromatic heterocycles. The number of hydrogen-bond donors (Lipinski definition) is 2. The van der Waals surface area contributed by atoms with Crippen LogP contribution < -0.4 is 5.73 Å². The summed E-state index contributed by atoms with van der Waals surface area (Å²) in [6, 6.07) is 1.91. The number of anilines is 1. The second-order valence-corrected chi connectivity index (χ2v) is 4.88. The van der Waals surface area contributed by atoms with Gasteiger partial charge in [0, 0.05) is 11.8 Å². The van der Waals surface area contributed by atoms with Gasteiger partial charge in [-0.1, -0.05) is 6.92 Å². The summed E-state index contributed by atoms with van der Waals surface area (Å²) in [7, 11) is 0. The summed E-state index contributed by atoms with van der Waals surface area (Å²) >= 11 is 1.82. The number of nitrogen functional groups attached to an aromatic ring is 1. The van der Waals surface area contributed by atoms with E-state index in [1.807, 2.05) is 24.8 Å². The van der Waals surface area contributed by atoms with Crippen molar-refractivity contribution < 1.29 is 5.11 Å². The molecule has 0 aliphatic heterocycles. The van der Waals surface area contributed by atoms with E-state index in [1.165, 1.54) is 0 Å². The Balaban J connectivity index is 2.64. The van der Waals surface area contributed by atoms with E-state index in [0.717, 1.165) is 29.1 Å². The van der Waals surface area contributed by atoms with Crippen LogP contribution in [0.25, 0.3) is 0 Å². The molecule has 1 aromatic rings. The van der Waals surface area contributed by atoms with E-state index in [1.54, 1.807) is 6.20 Å². The molecule has 0 amide bonds. The van der Waals surface area contributed by atoms with Gasteiger partial charge in [0.25, 0.3) is 0 Å². The van der Waals surface area contributed by atoms with Gasteiger partial charge in [-0.3, -0.25) is 0 Å². The number of aliphatic hydroxyl groups excluding tert-OH is 1. The van der Waals surface area contributed by atoms with E-state index in [2.05, 4.69) is 11.9 Å². The Bertz CT molecular complexity index is 317. The molecule has 0 aliphatic rings. The smallest absolute Gasteiger partial charge is 0.129 e. The topological polar surface area (TPSA) is 59.1 Å². The van der Waals surface area contributed by atoms with Crippen LogP contribution in [0.3, 0.4) is 0 Å². The molecule has 0 bridgehead atoms. The maximum atomic E-state index is 9.92. The van der Waals surface area contributed by atoms with Crippen molar-refractivity contribution in [2.24, 2.45) is 0 Å². The third-order valence-electron chi connectivity index (χ3n) is 2.18. The number of aryl methyl sites for hydroxylation is 1. The quantitative estimate of drug-likeness (QED) is 0.755. The first kappa shape index (κ1) is 12.3. The van der Waals surface area contributed by atoms with Gasteiger partial charge in [0.1, 0.15) is 5.82 Å². The van der Waals surface area contributed by atoms with Crippen molar-refractivity contribution in [3.63, 3.8) is 0 Å². The van der Waals surface area contributed by atoms with Crippen LogP contribution >= 0.6 is 11.8 Å². The second-order valence-electron chi connectivity index (χ2n) is 3.49. The van der Waals surface area contributed by atoms with E-state index < -0.39 is 6.10 Å². The van der Waals surface area contributed by atoms with Gasteiger partial charge in [0.15, 0.2) is 0 Å². The van der Waals surface area contributed by atoms with Crippen LogP contribution in [0.15, 0.2) is 12.3 Å². The van der Waals surface area contributed by atoms with Crippen molar-refractivity contribution in [2.45, 2.75) is 26.4 Å². The molecule has 4 heteroatoms. The molecule has 0 saturated heterocycles. The summed E-state index contributed by atoms with van der Waals surface area (Å²) in [6.07, 6.45) is 1.96. The number of nitrogens with two attached hydrogens (primary N) is 1. The van der Waals surface area contributed by atoms with Crippen molar-refractivity contribution in [2.75, 3.05) is 17.2 Å². The number of pyridine rings is 1. The highest BCUT2D eigenvalue weighted by Crippen LogP contribution is 2.23. The number of nitrogens with zero attached hydrogens (tertiary/aromatic N) is 1. The first-order valence-electron chi connectivity index (χ1n) is 5.13. The van der Waals surface area contributed by atoms with Crippen molar-refractivity contribution in [3.05, 3.63) is 23.4 Å². The SMILES string of the molecule is CCSCCC(O)c1cc(C)cnc1N. The molecule has 0 saturated carbocycles. The molecule has 3 nitrogen and oxygen atoms in total. The fraction of sp³-hybridized carbons (Fsp3) is 0.545. The molecular weight excluding hydrogens is 208 g/mol. The number of hydrogen-bond acceptors (Lipinski definition) is 4. The van der Waals surface area contributed by atoms with Gasteiger partial charge < -0.3 is 10.8 Å². The number of rotatable bonds is 5. The summed E-state index contributed by atoms with van der Waals surface area (Å²) in [4.78, 5) is 4.04. The average Bonchev–Trinajstić information content (AvgIpc) is 2.22. The van der Waals surface area contributed by atoms with Gasteiger partial charge in [0.2, 0.25) is 0 Å². The van der Waals surface area contributed by atoms with Crippen LogP contribution in [-0.4, -0.2) is 21.6 Å². The Morgan fingerprint density at radius 2 is 2.33 bits per heavy atom. The van der Waals surface area contributed by atoms with E-state index in [9.17, 15) is 5.11 Å². The number of aromatic nitrogens is 1. The Labute approximate surface area is 95.1 Å². The maximum Gasteiger partial charge on any atom is 0.129 e. The Kier molecular flexibility index (Phi) is 4.91. The Morgan fingerprint density at radius 1 is 1.60 bits per heavy atom. The highest BCUT2D eigenvalue weighted by atomic mass is 32.2. The van der Waals surface area contributed by atoms with Gasteiger partial charge in [-0.25, -0.2) is 4.98 Å². The normalized spacial score (nSPS) is 12.7. The van der Waals surface area contributed by atoms with Crippen LogP contribution in [-0.2, 0) is 0 Å². The summed E-state index contributed by atoms with van der Waals surface area (Å²) in [5.41, 5.74) is 7.50. The van der Waals surface area contributed by atoms with Gasteiger partial charge in [0.05, 0.1) is 6.10 Å². The predicted octanol–water partition coefficient (Wildman–Crippen LogP) is 2.15. The van der Waals surface area contributed by atoms with Gasteiger partial charge >= 0.3 is 0 Å². The molecule has 1 heterocycles. The van der Waals surface area contributed by atoms with Crippen molar-refractivity contribution in [1.29, 1.82) is 0 Å². The zero-order valence-electron chi connectivity index (χ0n) is 9.23. The van der Waals surface area contributed by atoms with E-state index in [0.29, 0.717) is 5.82 Å². The fourth-order valence-electron chi connectivity index (χ4n) is 1.36. The fourth-order valence-corrected chi connectivity index (χ4v) is 2.04. The summed E-state index contributed by atoms with van der Waals surface area (Å²) in [5, 5.41) is 9.92. The van der Waals surface area contributed by atoms with Crippen molar-refractivity contribution >= 4 is 17.6 Å². The van der Waals surface area contributed by atoms with E-state index in [-0.39, 0.29) is 0 Å². The minimum atomic E-state index is -0.489. The van der Waals surface area contributed by atoms with Gasteiger partial charge in [-0.05, 0) is 36.5 Å². The first-order chi connectivity index (χ1) is 7.15. The molecular formula is C11H18N2OS. The third-order valence-corrected chi connectivity index (χ3v) is 3.12. The lowest BCUT2D eigenvalue weighted by Gasteiger charge is -2.12. The molecule has 15 heavy (non-hydrogen) atoms. The van der Waals surface area contributed by atoms with Crippen molar-refractivity contribution in [1.82, 2.24) is 4.98 Å². The lowest BCUT2D eigenvalue weighted by atomic mass is 10.1. The zero-order chi connectivity index (χ0) is 11.3. The monoisotopic (exact) mass is 226 g/mol. The largest absolute Gasteiger partial charge is 0.388 e. The molecule has 0 aromatic carbocycles. The molecule has 0 spiro atoms. The number of aliphatic hydroxyl groups is 1.